The Morgan fingerprint density at radius 3 is 2.86 bits per heavy atom. The first kappa shape index (κ1) is 18.9. The number of rotatable bonds is 9. The molecule has 1 aromatic heterocycles. The number of hydrogen-bond donors (Lipinski definition) is 0. The zero-order valence-electron chi connectivity index (χ0n) is 13.2. The van der Waals surface area contributed by atoms with E-state index >= 15 is 0 Å². The van der Waals surface area contributed by atoms with Crippen LogP contribution in [0.5, 0.6) is 0 Å². The fourth-order valence-electron chi connectivity index (χ4n) is 1.59. The molecule has 22 heavy (non-hydrogen) atoms. The van der Waals surface area contributed by atoms with E-state index in [0.29, 0.717) is 19.4 Å². The van der Waals surface area contributed by atoms with Crippen LogP contribution in [0.25, 0.3) is 4.85 Å². The second-order valence-corrected chi connectivity index (χ2v) is 7.85. The van der Waals surface area contributed by atoms with E-state index in [4.69, 9.17) is 11.3 Å². The molecule has 0 saturated heterocycles. The zero-order valence-corrected chi connectivity index (χ0v) is 14.9. The Morgan fingerprint density at radius 2 is 2.27 bits per heavy atom. The van der Waals surface area contributed by atoms with Gasteiger partial charge in [0.2, 0.25) is 5.54 Å². The fourth-order valence-corrected chi connectivity index (χ4v) is 3.29. The monoisotopic (exact) mass is 338 g/mol. The molecule has 0 saturated carbocycles. The van der Waals surface area contributed by atoms with Crippen LogP contribution in [-0.4, -0.2) is 28.9 Å². The van der Waals surface area contributed by atoms with Crippen LogP contribution in [0.2, 0.25) is 0 Å². The van der Waals surface area contributed by atoms with Crippen molar-refractivity contribution >= 4 is 27.6 Å². The number of ether oxygens (including phenoxy) is 1. The Balaban J connectivity index is 2.15. The molecule has 0 aliphatic heterocycles. The molecule has 0 N–H and O–H groups in total. The number of hydrogen-bond acceptors (Lipinski definition) is 5. The highest BCUT2D eigenvalue weighted by Crippen LogP contribution is 2.29. The van der Waals surface area contributed by atoms with Crippen LogP contribution in [0.1, 0.15) is 33.6 Å². The van der Waals surface area contributed by atoms with Crippen molar-refractivity contribution in [3.63, 3.8) is 0 Å². The lowest BCUT2D eigenvalue weighted by Crippen LogP contribution is -2.28. The summed E-state index contributed by atoms with van der Waals surface area (Å²) in [4.78, 5) is 19.6. The fraction of sp³-hybridized carbons (Fsp3) is 0.562. The average molecular weight is 338 g/mol. The molecule has 0 amide bonds. The molecule has 6 heteroatoms. The van der Waals surface area contributed by atoms with E-state index in [1.54, 1.807) is 27.8 Å². The van der Waals surface area contributed by atoms with Crippen molar-refractivity contribution in [2.24, 2.45) is 5.92 Å². The predicted octanol–water partition coefficient (Wildman–Crippen LogP) is 4.48. The van der Waals surface area contributed by atoms with E-state index in [9.17, 15) is 4.79 Å². The summed E-state index contributed by atoms with van der Waals surface area (Å²) in [6.07, 6.45) is 2.60. The Hall–Kier alpha value is -1.19. The molecule has 0 bridgehead atoms. The van der Waals surface area contributed by atoms with Gasteiger partial charge in [0.05, 0.1) is 6.42 Å². The van der Waals surface area contributed by atoms with Gasteiger partial charge in [0, 0.05) is 31.2 Å². The Kier molecular flexibility index (Phi) is 8.36. The maximum Gasteiger partial charge on any atom is 0.306 e. The Labute approximate surface area is 140 Å². The summed E-state index contributed by atoms with van der Waals surface area (Å²) in [5, 5.41) is 0.948. The quantitative estimate of drug-likeness (QED) is 0.287. The van der Waals surface area contributed by atoms with Gasteiger partial charge < -0.3 is 9.58 Å². The third kappa shape index (κ3) is 6.71. The molecule has 0 aliphatic rings. The van der Waals surface area contributed by atoms with Gasteiger partial charge in [-0.1, -0.05) is 30.7 Å². The standard InChI is InChI=1S/C16H22N2O2S2/c1-13(2)16(3,17-4)9-8-15(19)20-11-12-21-22-14-7-5-6-10-18-14/h5-7,10,13H,8-9,11-12H2,1-3H3. The lowest BCUT2D eigenvalue weighted by atomic mass is 9.85. The second-order valence-electron chi connectivity index (χ2n) is 5.42. The first-order chi connectivity index (χ1) is 10.5. The summed E-state index contributed by atoms with van der Waals surface area (Å²) in [6.45, 7) is 13.6. The Morgan fingerprint density at radius 1 is 1.50 bits per heavy atom. The first-order valence-electron chi connectivity index (χ1n) is 7.22. The molecule has 0 radical (unpaired) electrons. The van der Waals surface area contributed by atoms with Gasteiger partial charge in [-0.25, -0.2) is 11.6 Å². The van der Waals surface area contributed by atoms with Gasteiger partial charge in [-0.3, -0.25) is 4.79 Å². The number of nitrogens with zero attached hydrogens (tertiary/aromatic N) is 2. The molecule has 1 atom stereocenters. The second kappa shape index (κ2) is 9.75. The number of carbonyl (C=O) groups is 1. The largest absolute Gasteiger partial charge is 0.465 e. The van der Waals surface area contributed by atoms with Gasteiger partial charge in [-0.05, 0) is 22.9 Å². The molecule has 1 aromatic rings. The van der Waals surface area contributed by atoms with Gasteiger partial charge in [0.25, 0.3) is 0 Å². The molecule has 120 valence electrons. The molecule has 0 aliphatic carbocycles. The van der Waals surface area contributed by atoms with Crippen molar-refractivity contribution < 1.29 is 9.53 Å². The number of aromatic nitrogens is 1. The highest BCUT2D eigenvalue weighted by atomic mass is 33.1. The Bertz CT molecular complexity index is 503. The van der Waals surface area contributed by atoms with E-state index in [1.165, 1.54) is 0 Å². The summed E-state index contributed by atoms with van der Waals surface area (Å²) in [5.74, 6) is 0.721. The SMILES string of the molecule is [C-]#[N+]C(C)(CCC(=O)OCCSSc1ccccn1)C(C)C. The molecule has 0 aromatic carbocycles. The molecule has 0 fully saturated rings. The van der Waals surface area contributed by atoms with Gasteiger partial charge in [0.15, 0.2) is 0 Å². The molecule has 4 nitrogen and oxygen atoms in total. The molecule has 1 unspecified atom stereocenters. The van der Waals surface area contributed by atoms with Crippen LogP contribution in [0.15, 0.2) is 29.4 Å². The summed E-state index contributed by atoms with van der Waals surface area (Å²) in [6, 6.07) is 5.77. The van der Waals surface area contributed by atoms with Crippen LogP contribution < -0.4 is 0 Å². The molecule has 1 heterocycles. The maximum absolute atomic E-state index is 11.7. The van der Waals surface area contributed by atoms with Gasteiger partial charge >= 0.3 is 5.97 Å². The third-order valence-corrected chi connectivity index (χ3v) is 5.78. The van der Waals surface area contributed by atoms with E-state index in [-0.39, 0.29) is 11.9 Å². The van der Waals surface area contributed by atoms with Crippen LogP contribution in [0.4, 0.5) is 0 Å². The highest BCUT2D eigenvalue weighted by Gasteiger charge is 2.34. The van der Waals surface area contributed by atoms with Crippen molar-refractivity contribution in [2.45, 2.75) is 44.2 Å². The van der Waals surface area contributed by atoms with Crippen LogP contribution in [0.3, 0.4) is 0 Å². The average Bonchev–Trinajstić information content (AvgIpc) is 2.53. The van der Waals surface area contributed by atoms with Crippen LogP contribution >= 0.6 is 21.6 Å². The van der Waals surface area contributed by atoms with Gasteiger partial charge in [-0.2, -0.15) is 0 Å². The van der Waals surface area contributed by atoms with Gasteiger partial charge in [-0.15, -0.1) is 0 Å². The normalized spacial score (nSPS) is 13.4. The summed E-state index contributed by atoms with van der Waals surface area (Å²) in [5.41, 5.74) is -0.484. The molecule has 1 rings (SSSR count). The number of pyridine rings is 1. The predicted molar refractivity (Wildman–Crippen MR) is 92.6 cm³/mol. The molecular formula is C16H22N2O2S2. The van der Waals surface area contributed by atoms with Crippen molar-refractivity contribution in [1.29, 1.82) is 0 Å². The smallest absolute Gasteiger partial charge is 0.306 e. The van der Waals surface area contributed by atoms with Crippen molar-refractivity contribution in [2.75, 3.05) is 12.4 Å². The zero-order chi connectivity index (χ0) is 16.4. The summed E-state index contributed by atoms with van der Waals surface area (Å²) in [7, 11) is 3.18. The minimum Gasteiger partial charge on any atom is -0.465 e. The van der Waals surface area contributed by atoms with E-state index in [0.717, 1.165) is 10.8 Å². The van der Waals surface area contributed by atoms with Gasteiger partial charge in [0.1, 0.15) is 11.6 Å². The summed E-state index contributed by atoms with van der Waals surface area (Å²) >= 11 is 0. The van der Waals surface area contributed by atoms with E-state index < -0.39 is 5.54 Å². The lowest BCUT2D eigenvalue weighted by molar-refractivity contribution is -0.143. The van der Waals surface area contributed by atoms with E-state index in [2.05, 4.69) is 9.83 Å². The van der Waals surface area contributed by atoms with Crippen molar-refractivity contribution in [1.82, 2.24) is 4.98 Å². The van der Waals surface area contributed by atoms with Crippen molar-refractivity contribution in [3.8, 4) is 0 Å². The third-order valence-electron chi connectivity index (χ3n) is 3.55. The number of carbonyl (C=O) groups excluding carboxylic acids is 1. The van der Waals surface area contributed by atoms with Crippen LogP contribution in [-0.2, 0) is 9.53 Å². The topological polar surface area (TPSA) is 43.5 Å². The molecular weight excluding hydrogens is 316 g/mol. The summed E-state index contributed by atoms with van der Waals surface area (Å²) < 4.78 is 5.20. The minimum absolute atomic E-state index is 0.223. The van der Waals surface area contributed by atoms with E-state index in [1.807, 2.05) is 39.0 Å². The van der Waals surface area contributed by atoms with Crippen LogP contribution in [0, 0.1) is 12.5 Å². The maximum atomic E-state index is 11.7. The lowest BCUT2D eigenvalue weighted by Gasteiger charge is -2.20. The highest BCUT2D eigenvalue weighted by molar-refractivity contribution is 8.76. The number of esters is 1. The van der Waals surface area contributed by atoms with Crippen molar-refractivity contribution in [3.05, 3.63) is 35.8 Å². The minimum atomic E-state index is -0.484. The first-order valence-corrected chi connectivity index (χ1v) is 9.54. The molecule has 0 spiro atoms.